The van der Waals surface area contributed by atoms with E-state index in [0.29, 0.717) is 23.4 Å². The van der Waals surface area contributed by atoms with E-state index in [1.54, 1.807) is 7.11 Å². The van der Waals surface area contributed by atoms with Crippen LogP contribution in [0.4, 0.5) is 5.69 Å². The molecule has 3 unspecified atom stereocenters. The van der Waals surface area contributed by atoms with Crippen LogP contribution in [0.15, 0.2) is 24.0 Å². The third-order valence-corrected chi connectivity index (χ3v) is 6.83. The number of likely N-dealkylation sites (N-methyl/N-ethyl adjacent to an activating group) is 1. The zero-order valence-corrected chi connectivity index (χ0v) is 22.8. The van der Waals surface area contributed by atoms with Crippen LogP contribution in [0.5, 0.6) is 5.75 Å². The number of methoxy groups -OCH3 is 2. The topological polar surface area (TPSA) is 91.3 Å². The first kappa shape index (κ1) is 30.5. The monoisotopic (exact) mass is 491 g/mol. The van der Waals surface area contributed by atoms with E-state index in [-0.39, 0.29) is 17.9 Å². The van der Waals surface area contributed by atoms with Crippen LogP contribution in [0.25, 0.3) is 0 Å². The number of aliphatic hydroxyl groups is 1. The number of aliphatic hydroxyl groups excluding tert-OH is 1. The normalized spacial score (nSPS) is 17.7. The molecule has 1 aliphatic rings. The Morgan fingerprint density at radius 2 is 2.03 bits per heavy atom. The zero-order valence-electron chi connectivity index (χ0n) is 22.8. The average Bonchev–Trinajstić information content (AvgIpc) is 3.36. The Morgan fingerprint density at radius 1 is 1.34 bits per heavy atom. The molecule has 0 amide bonds. The maximum Gasteiger partial charge on any atom is 0.337 e. The summed E-state index contributed by atoms with van der Waals surface area (Å²) in [5, 5.41) is 12.9. The van der Waals surface area contributed by atoms with Crippen LogP contribution in [-0.4, -0.2) is 82.8 Å². The van der Waals surface area contributed by atoms with Gasteiger partial charge in [-0.05, 0) is 37.9 Å². The Bertz CT molecular complexity index is 842. The highest BCUT2D eigenvalue weighted by Gasteiger charge is 2.34. The summed E-state index contributed by atoms with van der Waals surface area (Å²) in [6.45, 7) is 11.3. The predicted molar refractivity (Wildman–Crippen MR) is 142 cm³/mol. The molecule has 0 bridgehead atoms. The highest BCUT2D eigenvalue weighted by Crippen LogP contribution is 2.34. The van der Waals surface area contributed by atoms with Crippen LogP contribution >= 0.6 is 0 Å². The summed E-state index contributed by atoms with van der Waals surface area (Å²) < 4.78 is 10.3. The third kappa shape index (κ3) is 7.45. The molecule has 0 aliphatic carbocycles. The minimum atomic E-state index is -0.495. The van der Waals surface area contributed by atoms with Gasteiger partial charge in [-0.15, -0.1) is 0 Å². The summed E-state index contributed by atoms with van der Waals surface area (Å²) in [7, 11) is 6.79. The number of benzene rings is 1. The van der Waals surface area contributed by atoms with E-state index < -0.39 is 5.97 Å². The van der Waals surface area contributed by atoms with Crippen LogP contribution in [0.3, 0.4) is 0 Å². The molecular weight excluding hydrogens is 446 g/mol. The van der Waals surface area contributed by atoms with Crippen LogP contribution in [0, 0.1) is 18.8 Å². The van der Waals surface area contributed by atoms with E-state index in [4.69, 9.17) is 9.47 Å². The first-order valence-corrected chi connectivity index (χ1v) is 12.5. The molecule has 1 aromatic rings. The van der Waals surface area contributed by atoms with Gasteiger partial charge in [-0.1, -0.05) is 33.3 Å². The molecule has 198 valence electrons. The van der Waals surface area contributed by atoms with Crippen molar-refractivity contribution in [1.82, 2.24) is 10.2 Å². The van der Waals surface area contributed by atoms with Gasteiger partial charge in [0, 0.05) is 45.2 Å². The number of ether oxygens (including phenoxy) is 2. The van der Waals surface area contributed by atoms with E-state index in [1.165, 1.54) is 7.11 Å². The summed E-state index contributed by atoms with van der Waals surface area (Å²) in [5.74, 6) is 0.101. The van der Waals surface area contributed by atoms with Crippen molar-refractivity contribution < 1.29 is 24.2 Å². The fourth-order valence-electron chi connectivity index (χ4n) is 4.98. The van der Waals surface area contributed by atoms with Gasteiger partial charge in [0.2, 0.25) is 0 Å². The van der Waals surface area contributed by atoms with Gasteiger partial charge in [-0.2, -0.15) is 0 Å². The van der Waals surface area contributed by atoms with Crippen molar-refractivity contribution in [3.05, 3.63) is 35.1 Å². The number of esters is 1. The molecular formula is C27H45N3O5. The number of hydrogen-bond donors (Lipinski definition) is 2. The first-order valence-electron chi connectivity index (χ1n) is 12.5. The lowest BCUT2D eigenvalue weighted by Crippen LogP contribution is -2.40. The average molecular weight is 492 g/mol. The Kier molecular flexibility index (Phi) is 13.4. The molecule has 3 atom stereocenters. The van der Waals surface area contributed by atoms with E-state index in [1.807, 2.05) is 47.0 Å². The SMILES string of the molecule is CC.CCC(CN1CCC(N(C)c2c(C)ccc(OC)c2C=O)C1)C(CNC)/C(=C\O)C(=O)OC. The Morgan fingerprint density at radius 3 is 2.54 bits per heavy atom. The van der Waals surface area contributed by atoms with Gasteiger partial charge in [0.15, 0.2) is 6.29 Å². The van der Waals surface area contributed by atoms with E-state index in [0.717, 1.165) is 56.3 Å². The lowest BCUT2D eigenvalue weighted by atomic mass is 9.83. The van der Waals surface area contributed by atoms with Crippen molar-refractivity contribution in [2.24, 2.45) is 11.8 Å². The van der Waals surface area contributed by atoms with Gasteiger partial charge < -0.3 is 29.7 Å². The number of anilines is 1. The van der Waals surface area contributed by atoms with Gasteiger partial charge in [0.1, 0.15) is 5.75 Å². The second-order valence-corrected chi connectivity index (χ2v) is 8.69. The Labute approximate surface area is 211 Å². The Balaban J connectivity index is 0.00000298. The molecule has 1 fully saturated rings. The number of hydrogen-bond acceptors (Lipinski definition) is 8. The van der Waals surface area contributed by atoms with Crippen molar-refractivity contribution >= 4 is 17.9 Å². The maximum absolute atomic E-state index is 12.2. The third-order valence-electron chi connectivity index (χ3n) is 6.83. The summed E-state index contributed by atoms with van der Waals surface area (Å²) in [4.78, 5) is 28.7. The van der Waals surface area contributed by atoms with Crippen molar-refractivity contribution in [2.75, 3.05) is 59.4 Å². The maximum atomic E-state index is 12.2. The van der Waals surface area contributed by atoms with Crippen molar-refractivity contribution in [1.29, 1.82) is 0 Å². The predicted octanol–water partition coefficient (Wildman–Crippen LogP) is 3.83. The molecule has 1 aliphatic heterocycles. The van der Waals surface area contributed by atoms with Crippen molar-refractivity contribution in [3.63, 3.8) is 0 Å². The fraction of sp³-hybridized carbons (Fsp3) is 0.630. The van der Waals surface area contributed by atoms with Crippen molar-refractivity contribution in [2.45, 2.75) is 46.6 Å². The number of carbonyl (C=O) groups is 2. The quantitative estimate of drug-likeness (QED) is 0.197. The van der Waals surface area contributed by atoms with Gasteiger partial charge in [0.05, 0.1) is 37.3 Å². The summed E-state index contributed by atoms with van der Waals surface area (Å²) in [6.07, 6.45) is 3.60. The van der Waals surface area contributed by atoms with E-state index in [9.17, 15) is 14.7 Å². The van der Waals surface area contributed by atoms with Crippen LogP contribution in [0.2, 0.25) is 0 Å². The highest BCUT2D eigenvalue weighted by atomic mass is 16.5. The first-order chi connectivity index (χ1) is 16.9. The molecule has 1 aromatic carbocycles. The molecule has 1 saturated heterocycles. The van der Waals surface area contributed by atoms with E-state index >= 15 is 0 Å². The summed E-state index contributed by atoms with van der Waals surface area (Å²) in [6, 6.07) is 4.07. The minimum Gasteiger partial charge on any atom is -0.515 e. The van der Waals surface area contributed by atoms with Crippen LogP contribution in [-0.2, 0) is 9.53 Å². The molecule has 2 N–H and O–H groups in total. The second-order valence-electron chi connectivity index (χ2n) is 8.69. The zero-order chi connectivity index (χ0) is 26.5. The minimum absolute atomic E-state index is 0.156. The van der Waals surface area contributed by atoms with Crippen LogP contribution in [0.1, 0.15) is 49.5 Å². The van der Waals surface area contributed by atoms with Gasteiger partial charge in [0.25, 0.3) is 0 Å². The standard InChI is InChI=1S/C25H39N3O5.C2H6/c1-7-18(20(12-26-3)21(15-29)25(31)33-6)13-28-11-10-19(14-28)27(4)24-17(2)8-9-23(32-5)22(24)16-30;1-2/h8-9,15-16,18-20,26,29H,7,10-14H2,1-6H3;1-2H3/b21-15+;. The second kappa shape index (κ2) is 15.4. The summed E-state index contributed by atoms with van der Waals surface area (Å²) in [5.41, 5.74) is 2.83. The Hall–Kier alpha value is -2.58. The number of likely N-dealkylation sites (tertiary alicyclic amines) is 1. The molecule has 8 nitrogen and oxygen atoms in total. The number of aldehydes is 1. The summed E-state index contributed by atoms with van der Waals surface area (Å²) >= 11 is 0. The van der Waals surface area contributed by atoms with Gasteiger partial charge >= 0.3 is 5.97 Å². The molecule has 0 saturated carbocycles. The number of nitrogens with one attached hydrogen (secondary N) is 1. The smallest absolute Gasteiger partial charge is 0.337 e. The number of nitrogens with zero attached hydrogens (tertiary/aromatic N) is 2. The lowest BCUT2D eigenvalue weighted by Gasteiger charge is -2.32. The number of aryl methyl sites for hydroxylation is 1. The fourth-order valence-corrected chi connectivity index (χ4v) is 4.98. The van der Waals surface area contributed by atoms with Gasteiger partial charge in [-0.3, -0.25) is 4.79 Å². The molecule has 0 radical (unpaired) electrons. The molecule has 35 heavy (non-hydrogen) atoms. The largest absolute Gasteiger partial charge is 0.515 e. The lowest BCUT2D eigenvalue weighted by molar-refractivity contribution is -0.137. The van der Waals surface area contributed by atoms with Gasteiger partial charge in [-0.25, -0.2) is 4.79 Å². The van der Waals surface area contributed by atoms with Crippen LogP contribution < -0.4 is 15.0 Å². The molecule has 0 spiro atoms. The molecule has 2 rings (SSSR count). The number of carbonyl (C=O) groups excluding carboxylic acids is 2. The molecule has 8 heteroatoms. The number of rotatable bonds is 12. The molecule has 1 heterocycles. The van der Waals surface area contributed by atoms with Crippen molar-refractivity contribution in [3.8, 4) is 5.75 Å². The highest BCUT2D eigenvalue weighted by molar-refractivity contribution is 5.90. The molecule has 0 aromatic heterocycles. The van der Waals surface area contributed by atoms with E-state index in [2.05, 4.69) is 22.0 Å².